The van der Waals surface area contributed by atoms with E-state index in [1.54, 1.807) is 6.20 Å². The summed E-state index contributed by atoms with van der Waals surface area (Å²) in [5.41, 5.74) is 3.08. The van der Waals surface area contributed by atoms with Crippen LogP contribution in [0.4, 0.5) is 0 Å². The molecule has 78 valence electrons. The Kier molecular flexibility index (Phi) is 2.56. The molecule has 0 unspecified atom stereocenters. The fourth-order valence-electron chi connectivity index (χ4n) is 1.71. The molecule has 1 heterocycles. The number of imidazole rings is 1. The van der Waals surface area contributed by atoms with Crippen molar-refractivity contribution in [3.05, 3.63) is 47.5 Å². The standard InChI is InChI=1S/C12H14N2O/c1-9-3-4-12(11(7-9)8-15)14-6-5-13-10(14)2/h3-7,15H,8H2,1-2H3. The van der Waals surface area contributed by atoms with Crippen LogP contribution >= 0.6 is 0 Å². The first kappa shape index (κ1) is 9.93. The second-order valence-electron chi connectivity index (χ2n) is 3.63. The van der Waals surface area contributed by atoms with Crippen LogP contribution in [0.25, 0.3) is 5.69 Å². The first-order valence-corrected chi connectivity index (χ1v) is 4.93. The van der Waals surface area contributed by atoms with Crippen molar-refractivity contribution in [2.45, 2.75) is 20.5 Å². The van der Waals surface area contributed by atoms with Crippen molar-refractivity contribution in [3.63, 3.8) is 0 Å². The Balaban J connectivity index is 2.58. The van der Waals surface area contributed by atoms with Gasteiger partial charge < -0.3 is 9.67 Å². The molecule has 0 saturated heterocycles. The van der Waals surface area contributed by atoms with E-state index in [0.717, 1.165) is 22.6 Å². The lowest BCUT2D eigenvalue weighted by atomic mass is 10.1. The highest BCUT2D eigenvalue weighted by atomic mass is 16.3. The largest absolute Gasteiger partial charge is 0.392 e. The minimum Gasteiger partial charge on any atom is -0.392 e. The van der Waals surface area contributed by atoms with E-state index in [1.165, 1.54) is 0 Å². The van der Waals surface area contributed by atoms with Crippen LogP contribution in [0.1, 0.15) is 17.0 Å². The van der Waals surface area contributed by atoms with E-state index in [2.05, 4.69) is 4.98 Å². The molecule has 0 aliphatic heterocycles. The molecule has 1 aromatic carbocycles. The van der Waals surface area contributed by atoms with Crippen LogP contribution in [0.5, 0.6) is 0 Å². The number of aromatic nitrogens is 2. The van der Waals surface area contributed by atoms with Gasteiger partial charge in [-0.05, 0) is 19.9 Å². The number of aryl methyl sites for hydroxylation is 2. The SMILES string of the molecule is Cc1ccc(-n2ccnc2C)c(CO)c1. The Morgan fingerprint density at radius 2 is 2.13 bits per heavy atom. The maximum absolute atomic E-state index is 9.30. The number of hydrogen-bond acceptors (Lipinski definition) is 2. The van der Waals surface area contributed by atoms with Crippen LogP contribution in [0.15, 0.2) is 30.6 Å². The highest BCUT2D eigenvalue weighted by molar-refractivity contribution is 5.43. The molecule has 0 aliphatic carbocycles. The van der Waals surface area contributed by atoms with Gasteiger partial charge in [0.05, 0.1) is 12.3 Å². The van der Waals surface area contributed by atoms with Crippen molar-refractivity contribution in [2.75, 3.05) is 0 Å². The molecule has 0 amide bonds. The highest BCUT2D eigenvalue weighted by Gasteiger charge is 2.05. The van der Waals surface area contributed by atoms with Crippen LogP contribution < -0.4 is 0 Å². The van der Waals surface area contributed by atoms with Gasteiger partial charge in [0, 0.05) is 18.0 Å². The lowest BCUT2D eigenvalue weighted by molar-refractivity contribution is 0.281. The molecule has 3 heteroatoms. The van der Waals surface area contributed by atoms with Gasteiger partial charge in [0.1, 0.15) is 5.82 Å². The van der Waals surface area contributed by atoms with E-state index >= 15 is 0 Å². The first-order chi connectivity index (χ1) is 7.22. The number of rotatable bonds is 2. The maximum atomic E-state index is 9.30. The second-order valence-corrected chi connectivity index (χ2v) is 3.63. The first-order valence-electron chi connectivity index (χ1n) is 4.93. The predicted molar refractivity (Wildman–Crippen MR) is 59.0 cm³/mol. The van der Waals surface area contributed by atoms with Crippen molar-refractivity contribution in [1.29, 1.82) is 0 Å². The maximum Gasteiger partial charge on any atom is 0.110 e. The lowest BCUT2D eigenvalue weighted by Gasteiger charge is -2.10. The molecule has 0 atom stereocenters. The number of hydrogen-bond donors (Lipinski definition) is 1. The molecule has 3 nitrogen and oxygen atoms in total. The topological polar surface area (TPSA) is 38.0 Å². The van der Waals surface area contributed by atoms with E-state index < -0.39 is 0 Å². The number of aliphatic hydroxyl groups is 1. The summed E-state index contributed by atoms with van der Waals surface area (Å²) in [4.78, 5) is 4.17. The molecular weight excluding hydrogens is 188 g/mol. The van der Waals surface area contributed by atoms with Gasteiger partial charge in [-0.2, -0.15) is 0 Å². The van der Waals surface area contributed by atoms with Gasteiger partial charge in [-0.25, -0.2) is 4.98 Å². The van der Waals surface area contributed by atoms with Gasteiger partial charge in [-0.15, -0.1) is 0 Å². The van der Waals surface area contributed by atoms with Crippen LogP contribution in [-0.2, 0) is 6.61 Å². The summed E-state index contributed by atoms with van der Waals surface area (Å²) < 4.78 is 1.98. The van der Waals surface area contributed by atoms with Gasteiger partial charge in [0.2, 0.25) is 0 Å². The number of nitrogens with zero attached hydrogens (tertiary/aromatic N) is 2. The average Bonchev–Trinajstić information content (AvgIpc) is 2.64. The Morgan fingerprint density at radius 1 is 1.33 bits per heavy atom. The van der Waals surface area contributed by atoms with E-state index in [-0.39, 0.29) is 6.61 Å². The smallest absolute Gasteiger partial charge is 0.110 e. The third kappa shape index (κ3) is 1.78. The quantitative estimate of drug-likeness (QED) is 0.808. The Hall–Kier alpha value is -1.61. The Morgan fingerprint density at radius 3 is 2.73 bits per heavy atom. The van der Waals surface area contributed by atoms with Crippen molar-refractivity contribution in [2.24, 2.45) is 0 Å². The Bertz CT molecular complexity index is 474. The zero-order valence-corrected chi connectivity index (χ0v) is 8.94. The fraction of sp³-hybridized carbons (Fsp3) is 0.250. The molecule has 0 fully saturated rings. The summed E-state index contributed by atoms with van der Waals surface area (Å²) in [6, 6.07) is 6.04. The molecule has 1 N–H and O–H groups in total. The predicted octanol–water partition coefficient (Wildman–Crippen LogP) is 1.98. The zero-order chi connectivity index (χ0) is 10.8. The monoisotopic (exact) mass is 202 g/mol. The van der Waals surface area contributed by atoms with Crippen molar-refractivity contribution in [3.8, 4) is 5.69 Å². The van der Waals surface area contributed by atoms with E-state index in [0.29, 0.717) is 0 Å². The molecule has 0 saturated carbocycles. The van der Waals surface area contributed by atoms with E-state index in [1.807, 2.05) is 42.8 Å². The average molecular weight is 202 g/mol. The fourth-order valence-corrected chi connectivity index (χ4v) is 1.71. The molecule has 0 bridgehead atoms. The molecule has 15 heavy (non-hydrogen) atoms. The summed E-state index contributed by atoms with van der Waals surface area (Å²) in [5, 5.41) is 9.30. The molecule has 0 radical (unpaired) electrons. The summed E-state index contributed by atoms with van der Waals surface area (Å²) in [6.45, 7) is 4.01. The van der Waals surface area contributed by atoms with Crippen LogP contribution in [0.3, 0.4) is 0 Å². The third-order valence-electron chi connectivity index (χ3n) is 2.49. The van der Waals surface area contributed by atoms with Crippen LogP contribution in [0.2, 0.25) is 0 Å². The van der Waals surface area contributed by atoms with Gasteiger partial charge in [-0.3, -0.25) is 0 Å². The number of aliphatic hydroxyl groups excluding tert-OH is 1. The van der Waals surface area contributed by atoms with Crippen molar-refractivity contribution >= 4 is 0 Å². The Labute approximate surface area is 89.0 Å². The molecule has 0 spiro atoms. The molecule has 0 aliphatic rings. The summed E-state index contributed by atoms with van der Waals surface area (Å²) >= 11 is 0. The minimum absolute atomic E-state index is 0.0502. The van der Waals surface area contributed by atoms with Gasteiger partial charge in [-0.1, -0.05) is 17.7 Å². The third-order valence-corrected chi connectivity index (χ3v) is 2.49. The summed E-state index contributed by atoms with van der Waals surface area (Å²) in [5.74, 6) is 0.925. The summed E-state index contributed by atoms with van der Waals surface area (Å²) in [7, 11) is 0. The lowest BCUT2D eigenvalue weighted by Crippen LogP contribution is -2.01. The number of benzene rings is 1. The minimum atomic E-state index is 0.0502. The molecule has 2 aromatic rings. The summed E-state index contributed by atoms with van der Waals surface area (Å²) in [6.07, 6.45) is 3.66. The van der Waals surface area contributed by atoms with E-state index in [4.69, 9.17) is 0 Å². The van der Waals surface area contributed by atoms with Crippen molar-refractivity contribution in [1.82, 2.24) is 9.55 Å². The molecular formula is C12H14N2O. The van der Waals surface area contributed by atoms with Crippen LogP contribution in [-0.4, -0.2) is 14.7 Å². The van der Waals surface area contributed by atoms with E-state index in [9.17, 15) is 5.11 Å². The van der Waals surface area contributed by atoms with Gasteiger partial charge >= 0.3 is 0 Å². The van der Waals surface area contributed by atoms with Crippen LogP contribution in [0, 0.1) is 13.8 Å². The normalized spacial score (nSPS) is 10.6. The molecule has 2 rings (SSSR count). The highest BCUT2D eigenvalue weighted by Crippen LogP contribution is 2.17. The van der Waals surface area contributed by atoms with Crippen molar-refractivity contribution < 1.29 is 5.11 Å². The van der Waals surface area contributed by atoms with Gasteiger partial charge in [0.15, 0.2) is 0 Å². The molecule has 1 aromatic heterocycles. The second kappa shape index (κ2) is 3.87. The van der Waals surface area contributed by atoms with Gasteiger partial charge in [0.25, 0.3) is 0 Å². The zero-order valence-electron chi connectivity index (χ0n) is 8.94.